The van der Waals surface area contributed by atoms with E-state index in [1.54, 1.807) is 6.26 Å². The topological polar surface area (TPSA) is 56.0 Å². The van der Waals surface area contributed by atoms with Gasteiger partial charge in [-0.1, -0.05) is 0 Å². The molecule has 1 aromatic heterocycles. The van der Waals surface area contributed by atoms with Crippen molar-refractivity contribution in [3.05, 3.63) is 24.2 Å². The second kappa shape index (κ2) is 9.25. The highest BCUT2D eigenvalue weighted by molar-refractivity contribution is 5.79. The lowest BCUT2D eigenvalue weighted by atomic mass is 10.2. The lowest BCUT2D eigenvalue weighted by Gasteiger charge is -2.25. The summed E-state index contributed by atoms with van der Waals surface area (Å²) in [7, 11) is 2.21. The SMILES string of the molecule is CCNC(=NCC(c1ccco1)N1CCCC1)NCC1CCCN1C. The van der Waals surface area contributed by atoms with Crippen molar-refractivity contribution in [3.63, 3.8) is 0 Å². The Morgan fingerprint density at radius 2 is 2.12 bits per heavy atom. The molecule has 0 saturated carbocycles. The predicted molar refractivity (Wildman–Crippen MR) is 102 cm³/mol. The summed E-state index contributed by atoms with van der Waals surface area (Å²) in [5.74, 6) is 1.94. The van der Waals surface area contributed by atoms with Gasteiger partial charge in [0.15, 0.2) is 5.96 Å². The summed E-state index contributed by atoms with van der Waals surface area (Å²) < 4.78 is 5.70. The molecule has 6 heteroatoms. The molecule has 0 aliphatic carbocycles. The van der Waals surface area contributed by atoms with Gasteiger partial charge < -0.3 is 20.0 Å². The Bertz CT molecular complexity index is 524. The van der Waals surface area contributed by atoms with Crippen molar-refractivity contribution >= 4 is 5.96 Å². The lowest BCUT2D eigenvalue weighted by Crippen LogP contribution is -2.44. The van der Waals surface area contributed by atoms with Crippen LogP contribution in [0.15, 0.2) is 27.8 Å². The number of nitrogens with zero attached hydrogens (tertiary/aromatic N) is 3. The molecule has 3 rings (SSSR count). The van der Waals surface area contributed by atoms with Crippen molar-refractivity contribution in [2.24, 2.45) is 4.99 Å². The number of hydrogen-bond acceptors (Lipinski definition) is 4. The van der Waals surface area contributed by atoms with Crippen molar-refractivity contribution in [1.29, 1.82) is 0 Å². The number of likely N-dealkylation sites (N-methyl/N-ethyl adjacent to an activating group) is 1. The van der Waals surface area contributed by atoms with Crippen molar-refractivity contribution in [1.82, 2.24) is 20.4 Å². The maximum absolute atomic E-state index is 5.70. The minimum Gasteiger partial charge on any atom is -0.468 e. The van der Waals surface area contributed by atoms with Crippen LogP contribution in [-0.4, -0.2) is 68.1 Å². The van der Waals surface area contributed by atoms with Gasteiger partial charge in [0.2, 0.25) is 0 Å². The summed E-state index contributed by atoms with van der Waals surface area (Å²) in [6.45, 7) is 8.15. The average molecular weight is 348 g/mol. The van der Waals surface area contributed by atoms with Crippen molar-refractivity contribution < 1.29 is 4.42 Å². The van der Waals surface area contributed by atoms with E-state index in [4.69, 9.17) is 9.41 Å². The van der Waals surface area contributed by atoms with Gasteiger partial charge >= 0.3 is 0 Å². The zero-order valence-electron chi connectivity index (χ0n) is 15.7. The van der Waals surface area contributed by atoms with E-state index >= 15 is 0 Å². The van der Waals surface area contributed by atoms with E-state index in [0.717, 1.165) is 44.4 Å². The molecule has 25 heavy (non-hydrogen) atoms. The quantitative estimate of drug-likeness (QED) is 0.584. The number of guanidine groups is 1. The molecule has 0 radical (unpaired) electrons. The van der Waals surface area contributed by atoms with Crippen molar-refractivity contribution in [3.8, 4) is 0 Å². The normalized spacial score (nSPS) is 23.9. The first-order valence-corrected chi connectivity index (χ1v) is 9.77. The molecule has 140 valence electrons. The third kappa shape index (κ3) is 4.98. The van der Waals surface area contributed by atoms with Gasteiger partial charge in [-0.2, -0.15) is 0 Å². The number of furan rings is 1. The molecule has 0 aromatic carbocycles. The molecule has 0 spiro atoms. The lowest BCUT2D eigenvalue weighted by molar-refractivity contribution is 0.221. The first-order valence-electron chi connectivity index (χ1n) is 9.77. The van der Waals surface area contributed by atoms with Gasteiger partial charge in [0, 0.05) is 19.1 Å². The number of likely N-dealkylation sites (tertiary alicyclic amines) is 2. The van der Waals surface area contributed by atoms with Gasteiger partial charge in [0.1, 0.15) is 5.76 Å². The fraction of sp³-hybridized carbons (Fsp3) is 0.737. The molecule has 2 aliphatic heterocycles. The standard InChI is InChI=1S/C19H33N5O/c1-3-20-19(21-14-16-8-6-10-23(16)2)22-15-17(18-9-7-13-25-18)24-11-4-5-12-24/h7,9,13,16-17H,3-6,8,10-12,14-15H2,1-2H3,(H2,20,21,22). The third-order valence-corrected chi connectivity index (χ3v) is 5.40. The van der Waals surface area contributed by atoms with E-state index in [-0.39, 0.29) is 6.04 Å². The van der Waals surface area contributed by atoms with Crippen LogP contribution >= 0.6 is 0 Å². The number of nitrogens with one attached hydrogen (secondary N) is 2. The largest absolute Gasteiger partial charge is 0.468 e. The Labute approximate surface area is 151 Å². The van der Waals surface area contributed by atoms with Crippen molar-refractivity contribution in [2.45, 2.75) is 44.7 Å². The molecule has 2 fully saturated rings. The van der Waals surface area contributed by atoms with Crippen LogP contribution in [0.3, 0.4) is 0 Å². The zero-order valence-corrected chi connectivity index (χ0v) is 15.7. The van der Waals surface area contributed by atoms with Crippen LogP contribution in [-0.2, 0) is 0 Å². The van der Waals surface area contributed by atoms with Crippen LogP contribution in [0.5, 0.6) is 0 Å². The predicted octanol–water partition coefficient (Wildman–Crippen LogP) is 2.07. The van der Waals surface area contributed by atoms with Crippen molar-refractivity contribution in [2.75, 3.05) is 46.3 Å². The number of aliphatic imine (C=N–C) groups is 1. The van der Waals surface area contributed by atoms with Gasteiger partial charge in [-0.25, -0.2) is 0 Å². The fourth-order valence-electron chi connectivity index (χ4n) is 3.89. The molecule has 0 bridgehead atoms. The van der Waals surface area contributed by atoms with Crippen LogP contribution in [0.2, 0.25) is 0 Å². The molecule has 3 heterocycles. The van der Waals surface area contributed by atoms with Crippen LogP contribution in [0.25, 0.3) is 0 Å². The second-order valence-corrected chi connectivity index (χ2v) is 7.15. The Hall–Kier alpha value is -1.53. The Kier molecular flexibility index (Phi) is 6.76. The molecule has 2 unspecified atom stereocenters. The molecular weight excluding hydrogens is 314 g/mol. The van der Waals surface area contributed by atoms with E-state index in [0.29, 0.717) is 6.04 Å². The maximum Gasteiger partial charge on any atom is 0.191 e. The summed E-state index contributed by atoms with van der Waals surface area (Å²) in [4.78, 5) is 9.81. The van der Waals surface area contributed by atoms with Gasteiger partial charge in [0.05, 0.1) is 18.8 Å². The van der Waals surface area contributed by atoms with Gasteiger partial charge in [-0.3, -0.25) is 9.89 Å². The first kappa shape index (κ1) is 18.3. The number of rotatable bonds is 7. The molecule has 1 aromatic rings. The highest BCUT2D eigenvalue weighted by atomic mass is 16.3. The van der Waals surface area contributed by atoms with Crippen LogP contribution < -0.4 is 10.6 Å². The minimum absolute atomic E-state index is 0.238. The van der Waals surface area contributed by atoms with E-state index < -0.39 is 0 Å². The molecular formula is C19H33N5O. The Balaban J connectivity index is 1.61. The van der Waals surface area contributed by atoms with Gasteiger partial charge in [-0.15, -0.1) is 0 Å². The van der Waals surface area contributed by atoms with Gasteiger partial charge in [0.25, 0.3) is 0 Å². The number of hydrogen-bond donors (Lipinski definition) is 2. The molecule has 0 amide bonds. The average Bonchev–Trinajstić information content (AvgIpc) is 3.36. The molecule has 2 saturated heterocycles. The van der Waals surface area contributed by atoms with E-state index in [1.165, 1.54) is 32.2 Å². The molecule has 2 atom stereocenters. The van der Waals surface area contributed by atoms with E-state index in [1.807, 2.05) is 6.07 Å². The van der Waals surface area contributed by atoms with Crippen LogP contribution in [0, 0.1) is 0 Å². The second-order valence-electron chi connectivity index (χ2n) is 7.15. The summed E-state index contributed by atoms with van der Waals surface area (Å²) in [5.41, 5.74) is 0. The Morgan fingerprint density at radius 1 is 1.28 bits per heavy atom. The summed E-state index contributed by atoms with van der Waals surface area (Å²) in [5, 5.41) is 6.92. The van der Waals surface area contributed by atoms with Gasteiger partial charge in [-0.05, 0) is 71.4 Å². The highest BCUT2D eigenvalue weighted by Gasteiger charge is 2.25. The van der Waals surface area contributed by atoms with E-state index in [2.05, 4.69) is 40.5 Å². The van der Waals surface area contributed by atoms with E-state index in [9.17, 15) is 0 Å². The molecule has 2 N–H and O–H groups in total. The monoisotopic (exact) mass is 347 g/mol. The third-order valence-electron chi connectivity index (χ3n) is 5.40. The molecule has 6 nitrogen and oxygen atoms in total. The fourth-order valence-corrected chi connectivity index (χ4v) is 3.89. The summed E-state index contributed by atoms with van der Waals surface area (Å²) in [6, 6.07) is 4.90. The maximum atomic E-state index is 5.70. The summed E-state index contributed by atoms with van der Waals surface area (Å²) >= 11 is 0. The first-order chi connectivity index (χ1) is 12.3. The highest BCUT2D eigenvalue weighted by Crippen LogP contribution is 2.25. The zero-order chi connectivity index (χ0) is 17.5. The Morgan fingerprint density at radius 3 is 2.76 bits per heavy atom. The smallest absolute Gasteiger partial charge is 0.191 e. The minimum atomic E-state index is 0.238. The van der Waals surface area contributed by atoms with Crippen LogP contribution in [0.1, 0.15) is 44.4 Å². The summed E-state index contributed by atoms with van der Waals surface area (Å²) in [6.07, 6.45) is 6.87. The molecule has 2 aliphatic rings. The van der Waals surface area contributed by atoms with Crippen LogP contribution in [0.4, 0.5) is 0 Å².